The Morgan fingerprint density at radius 1 is 1.03 bits per heavy atom. The van der Waals surface area contributed by atoms with Gasteiger partial charge in [0, 0.05) is 10.6 Å². The molecule has 0 aliphatic rings. The van der Waals surface area contributed by atoms with Crippen LogP contribution in [-0.2, 0) is 6.61 Å². The molecule has 0 atom stereocenters. The fourth-order valence-electron chi connectivity index (χ4n) is 2.66. The Morgan fingerprint density at radius 3 is 2.31 bits per heavy atom. The number of benzene rings is 2. The van der Waals surface area contributed by atoms with Gasteiger partial charge in [-0.05, 0) is 47.9 Å². The van der Waals surface area contributed by atoms with Crippen LogP contribution in [0.3, 0.4) is 0 Å². The molecule has 0 aliphatic carbocycles. The van der Waals surface area contributed by atoms with Crippen molar-refractivity contribution in [3.05, 3.63) is 92.3 Å². The summed E-state index contributed by atoms with van der Waals surface area (Å²) in [7, 11) is 0. The second kappa shape index (κ2) is 9.53. The quantitative estimate of drug-likeness (QED) is 0.272. The molecule has 0 radical (unpaired) electrons. The lowest BCUT2D eigenvalue weighted by Gasteiger charge is -2.08. The summed E-state index contributed by atoms with van der Waals surface area (Å²) >= 11 is 18.1. The van der Waals surface area contributed by atoms with Crippen molar-refractivity contribution in [1.29, 1.82) is 0 Å². The number of hydrogen-bond acceptors (Lipinski definition) is 3. The van der Waals surface area contributed by atoms with E-state index in [0.29, 0.717) is 43.8 Å². The average molecular weight is 450 g/mol. The van der Waals surface area contributed by atoms with E-state index in [1.165, 1.54) is 11.6 Å². The molecule has 150 valence electrons. The molecule has 0 saturated carbocycles. The summed E-state index contributed by atoms with van der Waals surface area (Å²) in [5, 5.41) is 1.08. The largest absolute Gasteiger partial charge is 0.483 e. The average Bonchev–Trinajstić information content (AvgIpc) is 3.13. The highest BCUT2D eigenvalue weighted by molar-refractivity contribution is 6.40. The van der Waals surface area contributed by atoms with E-state index in [4.69, 9.17) is 44.0 Å². The second-order valence-electron chi connectivity index (χ2n) is 6.77. The van der Waals surface area contributed by atoms with Gasteiger partial charge in [0.1, 0.15) is 18.1 Å². The zero-order valence-electron chi connectivity index (χ0n) is 15.9. The molecule has 2 aromatic carbocycles. The summed E-state index contributed by atoms with van der Waals surface area (Å²) < 4.78 is 11.3. The molecule has 0 spiro atoms. The smallest absolute Gasteiger partial charge is 0.185 e. The van der Waals surface area contributed by atoms with E-state index < -0.39 is 0 Å². The number of halogens is 3. The van der Waals surface area contributed by atoms with Gasteiger partial charge in [0.2, 0.25) is 0 Å². The van der Waals surface area contributed by atoms with Gasteiger partial charge in [0.05, 0.1) is 10.0 Å². The molecular weight excluding hydrogens is 431 g/mol. The van der Waals surface area contributed by atoms with Crippen molar-refractivity contribution in [2.45, 2.75) is 26.4 Å². The lowest BCUT2D eigenvalue weighted by Crippen LogP contribution is -1.95. The van der Waals surface area contributed by atoms with Gasteiger partial charge in [-0.2, -0.15) is 0 Å². The Morgan fingerprint density at radius 2 is 1.69 bits per heavy atom. The van der Waals surface area contributed by atoms with E-state index >= 15 is 0 Å². The van der Waals surface area contributed by atoms with Crippen molar-refractivity contribution < 1.29 is 13.9 Å². The predicted octanol–water partition coefficient (Wildman–Crippen LogP) is 7.84. The van der Waals surface area contributed by atoms with Gasteiger partial charge in [0.15, 0.2) is 11.5 Å². The highest BCUT2D eigenvalue weighted by atomic mass is 35.5. The van der Waals surface area contributed by atoms with Crippen LogP contribution in [0, 0.1) is 0 Å². The summed E-state index contributed by atoms with van der Waals surface area (Å²) in [5.74, 6) is 1.79. The van der Waals surface area contributed by atoms with Gasteiger partial charge < -0.3 is 9.15 Å². The number of furan rings is 1. The van der Waals surface area contributed by atoms with Crippen LogP contribution < -0.4 is 4.74 Å². The number of hydrogen-bond donors (Lipinski definition) is 0. The Hall–Kier alpha value is -2.20. The monoisotopic (exact) mass is 448 g/mol. The number of ketones is 1. The summed E-state index contributed by atoms with van der Waals surface area (Å²) in [6.45, 7) is 4.37. The van der Waals surface area contributed by atoms with Crippen LogP contribution in [0.4, 0.5) is 0 Å². The molecular formula is C23H19Cl3O3. The lowest BCUT2D eigenvalue weighted by atomic mass is 10.0. The topological polar surface area (TPSA) is 39.4 Å². The molecule has 0 unspecified atom stereocenters. The molecule has 3 nitrogen and oxygen atoms in total. The molecule has 3 rings (SSSR count). The van der Waals surface area contributed by atoms with Gasteiger partial charge in [-0.3, -0.25) is 4.79 Å². The van der Waals surface area contributed by atoms with E-state index in [0.717, 1.165) is 0 Å². The Balaban J connectivity index is 1.62. The van der Waals surface area contributed by atoms with Crippen LogP contribution in [-0.4, -0.2) is 5.78 Å². The molecule has 0 saturated heterocycles. The number of allylic oxidation sites excluding steroid dienone is 1. The van der Waals surface area contributed by atoms with Crippen molar-refractivity contribution >= 4 is 46.7 Å². The van der Waals surface area contributed by atoms with Crippen molar-refractivity contribution in [2.24, 2.45) is 0 Å². The van der Waals surface area contributed by atoms with Crippen molar-refractivity contribution in [3.8, 4) is 5.75 Å². The molecule has 6 heteroatoms. The predicted molar refractivity (Wildman–Crippen MR) is 118 cm³/mol. The minimum Gasteiger partial charge on any atom is -0.483 e. The number of ether oxygens (including phenoxy) is 1. The van der Waals surface area contributed by atoms with Gasteiger partial charge in [0.25, 0.3) is 0 Å². The van der Waals surface area contributed by atoms with Gasteiger partial charge in [-0.1, -0.05) is 72.9 Å². The number of carbonyl (C=O) groups excluding carboxylic acids is 1. The normalized spacial score (nSPS) is 11.4. The first-order valence-electron chi connectivity index (χ1n) is 9.02. The Labute approximate surface area is 184 Å². The molecule has 29 heavy (non-hydrogen) atoms. The Bertz CT molecular complexity index is 1010. The fourth-order valence-corrected chi connectivity index (χ4v) is 3.58. The third-order valence-corrected chi connectivity index (χ3v) is 5.04. The fraction of sp³-hybridized carbons (Fsp3) is 0.174. The van der Waals surface area contributed by atoms with E-state index in [-0.39, 0.29) is 12.4 Å². The first-order valence-corrected chi connectivity index (χ1v) is 10.2. The van der Waals surface area contributed by atoms with Crippen LogP contribution in [0.5, 0.6) is 5.75 Å². The first kappa shape index (κ1) is 21.5. The zero-order valence-corrected chi connectivity index (χ0v) is 18.2. The summed E-state index contributed by atoms with van der Waals surface area (Å²) in [4.78, 5) is 12.3. The molecule has 0 aliphatic heterocycles. The molecule has 0 fully saturated rings. The van der Waals surface area contributed by atoms with Crippen molar-refractivity contribution in [3.63, 3.8) is 0 Å². The molecule has 0 amide bonds. The van der Waals surface area contributed by atoms with Crippen LogP contribution in [0.1, 0.15) is 47.2 Å². The van der Waals surface area contributed by atoms with Gasteiger partial charge in [-0.25, -0.2) is 0 Å². The highest BCUT2D eigenvalue weighted by Gasteiger charge is 2.11. The van der Waals surface area contributed by atoms with E-state index in [2.05, 4.69) is 13.8 Å². The van der Waals surface area contributed by atoms with E-state index in [1.54, 1.807) is 30.3 Å². The molecule has 0 bridgehead atoms. The third-order valence-electron chi connectivity index (χ3n) is 4.27. The SMILES string of the molecule is CC(C)c1ccc(C(=O)/C=C/c2ccc(COc3c(Cl)cc(Cl)cc3Cl)o2)cc1. The summed E-state index contributed by atoms with van der Waals surface area (Å²) in [5.41, 5.74) is 1.83. The number of carbonyl (C=O) groups is 1. The van der Waals surface area contributed by atoms with Crippen LogP contribution >= 0.6 is 34.8 Å². The van der Waals surface area contributed by atoms with Gasteiger partial charge in [-0.15, -0.1) is 0 Å². The maximum Gasteiger partial charge on any atom is 0.185 e. The lowest BCUT2D eigenvalue weighted by molar-refractivity contribution is 0.104. The van der Waals surface area contributed by atoms with Crippen molar-refractivity contribution in [2.75, 3.05) is 0 Å². The highest BCUT2D eigenvalue weighted by Crippen LogP contribution is 2.36. The summed E-state index contributed by atoms with van der Waals surface area (Å²) in [6, 6.07) is 14.3. The maximum absolute atomic E-state index is 12.3. The molecule has 0 N–H and O–H groups in total. The zero-order chi connectivity index (χ0) is 21.0. The van der Waals surface area contributed by atoms with Crippen LogP contribution in [0.15, 0.2) is 59.0 Å². The van der Waals surface area contributed by atoms with E-state index in [1.807, 2.05) is 24.3 Å². The van der Waals surface area contributed by atoms with E-state index in [9.17, 15) is 4.79 Å². The minimum absolute atomic E-state index is 0.0887. The molecule has 3 aromatic rings. The van der Waals surface area contributed by atoms with Crippen LogP contribution in [0.2, 0.25) is 15.1 Å². The van der Waals surface area contributed by atoms with Crippen molar-refractivity contribution in [1.82, 2.24) is 0 Å². The first-order chi connectivity index (χ1) is 13.8. The third kappa shape index (κ3) is 5.66. The standard InChI is InChI=1S/C23H19Cl3O3/c1-14(2)15-3-5-16(6-4-15)22(27)10-9-18-7-8-19(29-18)13-28-23-20(25)11-17(24)12-21(23)26/h3-12,14H,13H2,1-2H3/b10-9+. The summed E-state index contributed by atoms with van der Waals surface area (Å²) in [6.07, 6.45) is 3.12. The molecule has 1 aromatic heterocycles. The maximum atomic E-state index is 12.3. The minimum atomic E-state index is -0.0887. The Kier molecular flexibility index (Phi) is 7.07. The number of rotatable bonds is 7. The second-order valence-corrected chi connectivity index (χ2v) is 8.02. The molecule has 1 heterocycles. The van der Waals surface area contributed by atoms with Crippen LogP contribution in [0.25, 0.3) is 6.08 Å². The van der Waals surface area contributed by atoms with Gasteiger partial charge >= 0.3 is 0 Å².